The van der Waals surface area contributed by atoms with Gasteiger partial charge < -0.3 is 10.3 Å². The van der Waals surface area contributed by atoms with Crippen molar-refractivity contribution >= 4 is 63.4 Å². The Bertz CT molecular complexity index is 755. The van der Waals surface area contributed by atoms with Crippen molar-refractivity contribution in [3.8, 4) is 5.69 Å². The van der Waals surface area contributed by atoms with E-state index in [-0.39, 0.29) is 10.6 Å². The summed E-state index contributed by atoms with van der Waals surface area (Å²) in [7, 11) is 0. The lowest BCUT2D eigenvalue weighted by Gasteiger charge is -2.15. The van der Waals surface area contributed by atoms with Gasteiger partial charge in [-0.15, -0.1) is 0 Å². The molecule has 0 saturated heterocycles. The molecule has 1 heterocycles. The summed E-state index contributed by atoms with van der Waals surface area (Å²) >= 11 is 19.3. The van der Waals surface area contributed by atoms with E-state index in [2.05, 4.69) is 5.10 Å². The van der Waals surface area contributed by atoms with Crippen LogP contribution in [0.15, 0.2) is 23.2 Å². The molecule has 13 heteroatoms. The van der Waals surface area contributed by atoms with Crippen molar-refractivity contribution in [1.82, 2.24) is 9.78 Å². The van der Waals surface area contributed by atoms with Gasteiger partial charge in [-0.2, -0.15) is 22.7 Å². The summed E-state index contributed by atoms with van der Waals surface area (Å²) in [6.07, 6.45) is -3.78. The lowest BCUT2D eigenvalue weighted by Crippen LogP contribution is -2.21. The Hall–Kier alpha value is -0.580. The molecular weight excluding hydrogens is 440 g/mol. The van der Waals surface area contributed by atoms with Gasteiger partial charge in [-0.25, -0.2) is 4.68 Å². The van der Waals surface area contributed by atoms with E-state index < -0.39 is 42.7 Å². The molecule has 1 atom stereocenters. The number of nitrogens with zero attached hydrogens (tertiary/aromatic N) is 2. The molecule has 2 rings (SSSR count). The highest BCUT2D eigenvalue weighted by Gasteiger charge is 2.43. The molecule has 4 nitrogen and oxygen atoms in total. The molecule has 0 fully saturated rings. The smallest absolute Gasteiger partial charge is 0.423 e. The van der Waals surface area contributed by atoms with E-state index >= 15 is 0 Å². The molecule has 132 valence electrons. The molecule has 0 aliphatic rings. The first-order valence-corrected chi connectivity index (χ1v) is 8.39. The molecule has 0 bridgehead atoms. The number of hydrogen-bond donors (Lipinski definition) is 1. The highest BCUT2D eigenvalue weighted by atomic mass is 35.5. The molecule has 2 aromatic rings. The predicted octanol–water partition coefficient (Wildman–Crippen LogP) is 4.95. The normalized spacial score (nSPS) is 14.0. The number of nitrogen functional groups attached to an aromatic ring is 1. The maximum Gasteiger partial charge on any atom is 0.423 e. The summed E-state index contributed by atoms with van der Waals surface area (Å²) in [5.41, 5.74) is 4.39. The van der Waals surface area contributed by atoms with Crippen molar-refractivity contribution < 1.29 is 22.1 Å². The molecule has 0 spiro atoms. The Morgan fingerprint density at radius 3 is 2.04 bits per heavy atom. The zero-order chi connectivity index (χ0) is 18.4. The van der Waals surface area contributed by atoms with Crippen LogP contribution in [-0.2, 0) is 17.4 Å². The van der Waals surface area contributed by atoms with Crippen LogP contribution in [0.25, 0.3) is 5.69 Å². The predicted molar refractivity (Wildman–Crippen MR) is 85.0 cm³/mol. The van der Waals surface area contributed by atoms with Crippen LogP contribution in [0.1, 0.15) is 5.56 Å². The largest absolute Gasteiger partial charge is 0.607 e. The topological polar surface area (TPSA) is 66.9 Å². The van der Waals surface area contributed by atoms with E-state index in [1.54, 1.807) is 0 Å². The van der Waals surface area contributed by atoms with Crippen LogP contribution in [-0.4, -0.2) is 18.3 Å². The van der Waals surface area contributed by atoms with E-state index in [1.165, 1.54) is 0 Å². The van der Waals surface area contributed by atoms with Gasteiger partial charge in [0.25, 0.3) is 0 Å². The van der Waals surface area contributed by atoms with Gasteiger partial charge >= 0.3 is 10.1 Å². The van der Waals surface area contributed by atoms with E-state index in [0.717, 1.165) is 10.9 Å². The molecule has 24 heavy (non-hydrogen) atoms. The maximum absolute atomic E-state index is 13.4. The van der Waals surface area contributed by atoms with Crippen LogP contribution in [0, 0.1) is 0 Å². The van der Waals surface area contributed by atoms with Crippen LogP contribution in [0.4, 0.5) is 23.4 Å². The average Bonchev–Trinajstić information content (AvgIpc) is 2.77. The van der Waals surface area contributed by atoms with Gasteiger partial charge in [-0.3, -0.25) is 0 Å². The van der Waals surface area contributed by atoms with Crippen LogP contribution >= 0.6 is 46.4 Å². The van der Waals surface area contributed by atoms with Crippen molar-refractivity contribution in [3.63, 3.8) is 0 Å². The molecular formula is C11H5Cl4F4N3OS. The third-order valence-corrected chi connectivity index (χ3v) is 5.29. The highest BCUT2D eigenvalue weighted by Crippen LogP contribution is 2.41. The summed E-state index contributed by atoms with van der Waals surface area (Å²) in [5.74, 6) is -0.403. The fraction of sp³-hybridized carbons (Fsp3) is 0.182. The Morgan fingerprint density at radius 2 is 1.62 bits per heavy atom. The highest BCUT2D eigenvalue weighted by molar-refractivity contribution is 7.95. The third-order valence-electron chi connectivity index (χ3n) is 2.74. The first-order valence-electron chi connectivity index (χ1n) is 5.72. The minimum atomic E-state index is -4.67. The second-order valence-corrected chi connectivity index (χ2v) is 8.34. The van der Waals surface area contributed by atoms with Crippen LogP contribution in [0.2, 0.25) is 10.0 Å². The zero-order valence-corrected chi connectivity index (χ0v) is 14.9. The number of alkyl halides is 6. The van der Waals surface area contributed by atoms with Crippen molar-refractivity contribution in [2.45, 2.75) is 15.0 Å². The van der Waals surface area contributed by atoms with Crippen LogP contribution < -0.4 is 5.73 Å². The number of rotatable bonds is 3. The van der Waals surface area contributed by atoms with E-state index in [9.17, 15) is 22.1 Å². The minimum absolute atomic E-state index is 0.208. The van der Waals surface area contributed by atoms with Crippen molar-refractivity contribution in [2.24, 2.45) is 0 Å². The molecule has 0 radical (unpaired) electrons. The molecule has 1 aromatic heterocycles. The lowest BCUT2D eigenvalue weighted by molar-refractivity contribution is -0.137. The van der Waals surface area contributed by atoms with Crippen molar-refractivity contribution in [1.29, 1.82) is 0 Å². The number of nitrogens with two attached hydrogens (primary N) is 1. The van der Waals surface area contributed by atoms with Gasteiger partial charge in [0.15, 0.2) is 5.82 Å². The van der Waals surface area contributed by atoms with E-state index in [1.807, 2.05) is 0 Å². The SMILES string of the molecule is Nc1c([S+]([O-])C(F)(Cl)Cl)cnn1-c1c(Cl)cc(C(F)(F)F)cc1Cl. The second-order valence-electron chi connectivity index (χ2n) is 4.31. The van der Waals surface area contributed by atoms with Crippen LogP contribution in [0.5, 0.6) is 0 Å². The Labute approximate surface area is 155 Å². The average molecular weight is 445 g/mol. The number of halogens is 8. The quantitative estimate of drug-likeness (QED) is 0.414. The number of aromatic nitrogens is 2. The summed E-state index contributed by atoms with van der Waals surface area (Å²) in [5, 5.41) is 2.85. The maximum atomic E-state index is 13.4. The molecule has 1 unspecified atom stereocenters. The molecule has 2 N–H and O–H groups in total. The molecule has 1 aromatic carbocycles. The van der Waals surface area contributed by atoms with Gasteiger partial charge in [-0.1, -0.05) is 23.2 Å². The van der Waals surface area contributed by atoms with Gasteiger partial charge in [0.05, 0.1) is 26.8 Å². The van der Waals surface area contributed by atoms with Gasteiger partial charge in [0.2, 0.25) is 4.90 Å². The first kappa shape index (κ1) is 19.7. The van der Waals surface area contributed by atoms with Crippen LogP contribution in [0.3, 0.4) is 0 Å². The standard InChI is InChI=1S/C11H5Cl4F4N3OS/c12-5-1-4(10(16,17)18)2-6(13)8(5)22-9(20)7(3-21-22)24(23)11(14,15)19/h1-3H,20H2. The van der Waals surface area contributed by atoms with E-state index in [4.69, 9.17) is 52.1 Å². The van der Waals surface area contributed by atoms with E-state index in [0.29, 0.717) is 12.1 Å². The Balaban J connectivity index is 2.57. The molecule has 0 aliphatic carbocycles. The van der Waals surface area contributed by atoms with Crippen molar-refractivity contribution in [3.05, 3.63) is 33.9 Å². The molecule has 0 amide bonds. The fourth-order valence-electron chi connectivity index (χ4n) is 1.72. The third kappa shape index (κ3) is 3.81. The summed E-state index contributed by atoms with van der Waals surface area (Å²) in [6, 6.07) is 1.23. The fourth-order valence-corrected chi connectivity index (χ4v) is 3.53. The van der Waals surface area contributed by atoms with Gasteiger partial charge in [0, 0.05) is 0 Å². The molecule has 0 aliphatic heterocycles. The molecule has 0 saturated carbocycles. The Morgan fingerprint density at radius 1 is 1.12 bits per heavy atom. The first-order chi connectivity index (χ1) is 10.8. The van der Waals surface area contributed by atoms with Crippen molar-refractivity contribution in [2.75, 3.05) is 5.73 Å². The van der Waals surface area contributed by atoms with Gasteiger partial charge in [0.1, 0.15) is 11.9 Å². The summed E-state index contributed by atoms with van der Waals surface area (Å²) in [6.45, 7) is 0. The summed E-state index contributed by atoms with van der Waals surface area (Å²) in [4.78, 5) is -0.380. The number of benzene rings is 1. The Kier molecular flexibility index (Phi) is 5.44. The summed E-state index contributed by atoms with van der Waals surface area (Å²) < 4.78 is 61.0. The van der Waals surface area contributed by atoms with Gasteiger partial charge in [-0.05, 0) is 35.3 Å². The lowest BCUT2D eigenvalue weighted by atomic mass is 10.2. The zero-order valence-electron chi connectivity index (χ0n) is 11.0. The minimum Gasteiger partial charge on any atom is -0.607 e. The number of hydrogen-bond acceptors (Lipinski definition) is 3. The number of anilines is 1. The second kappa shape index (κ2) is 6.62. The monoisotopic (exact) mass is 443 g/mol.